The summed E-state index contributed by atoms with van der Waals surface area (Å²) in [6.07, 6.45) is 1.80. The number of halogens is 1. The summed E-state index contributed by atoms with van der Waals surface area (Å²) in [5.74, 6) is 0.554. The molecular formula is C22H22FN3O2. The highest BCUT2D eigenvalue weighted by atomic mass is 19.1. The predicted octanol–water partition coefficient (Wildman–Crippen LogP) is 2.85. The van der Waals surface area contributed by atoms with Gasteiger partial charge in [-0.25, -0.2) is 9.37 Å². The first kappa shape index (κ1) is 17.5. The molecule has 0 aliphatic carbocycles. The van der Waals surface area contributed by atoms with Crippen LogP contribution in [0, 0.1) is 5.82 Å². The zero-order valence-corrected chi connectivity index (χ0v) is 15.6. The lowest BCUT2D eigenvalue weighted by Crippen LogP contribution is -2.38. The first-order valence-electron chi connectivity index (χ1n) is 9.80. The molecule has 2 aliphatic heterocycles. The molecule has 5 rings (SSSR count). The van der Waals surface area contributed by atoms with Gasteiger partial charge < -0.3 is 4.74 Å². The average Bonchev–Trinajstić information content (AvgIpc) is 3.15. The van der Waals surface area contributed by atoms with Crippen molar-refractivity contribution in [2.45, 2.75) is 25.4 Å². The zero-order chi connectivity index (χ0) is 19.1. The molecule has 0 N–H and O–H groups in total. The number of aromatic nitrogens is 2. The van der Waals surface area contributed by atoms with E-state index in [0.29, 0.717) is 23.5 Å². The molecule has 2 aliphatic rings. The summed E-state index contributed by atoms with van der Waals surface area (Å²) in [5, 5.41) is 0.613. The molecule has 3 heterocycles. The van der Waals surface area contributed by atoms with E-state index in [1.807, 2.05) is 28.8 Å². The molecule has 1 aromatic heterocycles. The average molecular weight is 379 g/mol. The van der Waals surface area contributed by atoms with E-state index < -0.39 is 0 Å². The third kappa shape index (κ3) is 3.12. The van der Waals surface area contributed by atoms with Crippen molar-refractivity contribution < 1.29 is 9.13 Å². The highest BCUT2D eigenvalue weighted by Crippen LogP contribution is 2.24. The van der Waals surface area contributed by atoms with Crippen LogP contribution < -0.4 is 5.56 Å². The Morgan fingerprint density at radius 3 is 2.79 bits per heavy atom. The van der Waals surface area contributed by atoms with Crippen LogP contribution in [0.1, 0.15) is 12.2 Å². The van der Waals surface area contributed by atoms with Crippen molar-refractivity contribution in [2.24, 2.45) is 0 Å². The lowest BCUT2D eigenvalue weighted by atomic mass is 10.0. The molecule has 0 radical (unpaired) electrons. The van der Waals surface area contributed by atoms with E-state index in [4.69, 9.17) is 9.72 Å². The number of ether oxygens (including phenoxy) is 1. The molecular weight excluding hydrogens is 357 g/mol. The fraction of sp³-hybridized carbons (Fsp3) is 0.364. The summed E-state index contributed by atoms with van der Waals surface area (Å²) in [6.45, 7) is 3.97. The van der Waals surface area contributed by atoms with Gasteiger partial charge in [0.05, 0.1) is 17.5 Å². The predicted molar refractivity (Wildman–Crippen MR) is 106 cm³/mol. The van der Waals surface area contributed by atoms with Crippen LogP contribution in [0.3, 0.4) is 0 Å². The largest absolute Gasteiger partial charge is 0.380 e. The monoisotopic (exact) mass is 379 g/mol. The van der Waals surface area contributed by atoms with Gasteiger partial charge in [0.15, 0.2) is 0 Å². The number of benzene rings is 2. The lowest BCUT2D eigenvalue weighted by Gasteiger charge is -2.25. The van der Waals surface area contributed by atoms with Crippen LogP contribution in [-0.2, 0) is 17.7 Å². The van der Waals surface area contributed by atoms with Gasteiger partial charge in [0.2, 0.25) is 0 Å². The molecule has 0 spiro atoms. The van der Waals surface area contributed by atoms with Crippen LogP contribution in [0.4, 0.5) is 4.39 Å². The van der Waals surface area contributed by atoms with E-state index in [1.54, 1.807) is 6.07 Å². The topological polar surface area (TPSA) is 47.4 Å². The molecule has 144 valence electrons. The van der Waals surface area contributed by atoms with E-state index in [0.717, 1.165) is 56.1 Å². The van der Waals surface area contributed by atoms with Crippen molar-refractivity contribution in [3.05, 3.63) is 64.5 Å². The van der Waals surface area contributed by atoms with Gasteiger partial charge in [0.1, 0.15) is 11.6 Å². The standard InChI is InChI=1S/C22H22FN3O2/c23-17-3-1-2-15(12-17)16-4-5-19-20(13-16)24-21-6-8-25(18-7-11-28-14-18)9-10-26(21)22(19)27/h1-5,12-13,18H,6-11,14H2. The number of fused-ring (bicyclic) bond motifs is 2. The van der Waals surface area contributed by atoms with Crippen molar-refractivity contribution in [1.82, 2.24) is 14.5 Å². The van der Waals surface area contributed by atoms with Gasteiger partial charge in [0.25, 0.3) is 5.56 Å². The van der Waals surface area contributed by atoms with Gasteiger partial charge in [-0.05, 0) is 41.8 Å². The van der Waals surface area contributed by atoms with Crippen LogP contribution in [0.15, 0.2) is 47.3 Å². The maximum atomic E-state index is 13.6. The lowest BCUT2D eigenvalue weighted by molar-refractivity contribution is 0.145. The molecule has 28 heavy (non-hydrogen) atoms. The molecule has 0 bridgehead atoms. The molecule has 5 nitrogen and oxygen atoms in total. The summed E-state index contributed by atoms with van der Waals surface area (Å²) >= 11 is 0. The maximum absolute atomic E-state index is 13.6. The van der Waals surface area contributed by atoms with E-state index in [9.17, 15) is 9.18 Å². The van der Waals surface area contributed by atoms with E-state index in [2.05, 4.69) is 4.90 Å². The summed E-state index contributed by atoms with van der Waals surface area (Å²) in [5.41, 5.74) is 2.33. The van der Waals surface area contributed by atoms with Gasteiger partial charge in [-0.3, -0.25) is 14.3 Å². The quantitative estimate of drug-likeness (QED) is 0.687. The summed E-state index contributed by atoms with van der Waals surface area (Å²) in [4.78, 5) is 20.3. The number of rotatable bonds is 2. The van der Waals surface area contributed by atoms with Crippen LogP contribution in [-0.4, -0.2) is 46.8 Å². The molecule has 1 unspecified atom stereocenters. The van der Waals surface area contributed by atoms with E-state index in [-0.39, 0.29) is 11.4 Å². The molecule has 1 fully saturated rings. The summed E-state index contributed by atoms with van der Waals surface area (Å²) in [6, 6.07) is 12.5. The molecule has 1 atom stereocenters. The van der Waals surface area contributed by atoms with Crippen molar-refractivity contribution in [3.63, 3.8) is 0 Å². The second-order valence-corrected chi connectivity index (χ2v) is 7.53. The molecule has 0 saturated carbocycles. The summed E-state index contributed by atoms with van der Waals surface area (Å²) < 4.78 is 20.9. The van der Waals surface area contributed by atoms with Crippen LogP contribution in [0.25, 0.3) is 22.0 Å². The highest BCUT2D eigenvalue weighted by molar-refractivity contribution is 5.83. The Kier molecular flexibility index (Phi) is 4.45. The van der Waals surface area contributed by atoms with Gasteiger partial charge in [0, 0.05) is 38.7 Å². The van der Waals surface area contributed by atoms with Crippen LogP contribution in [0.2, 0.25) is 0 Å². The van der Waals surface area contributed by atoms with Crippen LogP contribution in [0.5, 0.6) is 0 Å². The zero-order valence-electron chi connectivity index (χ0n) is 15.6. The Balaban J connectivity index is 1.52. The first-order chi connectivity index (χ1) is 13.7. The molecule has 2 aromatic carbocycles. The van der Waals surface area contributed by atoms with Gasteiger partial charge in [-0.2, -0.15) is 0 Å². The Labute approximate surface area is 162 Å². The maximum Gasteiger partial charge on any atom is 0.261 e. The number of hydrogen-bond acceptors (Lipinski definition) is 4. The summed E-state index contributed by atoms with van der Waals surface area (Å²) in [7, 11) is 0. The SMILES string of the molecule is O=c1c2ccc(-c3cccc(F)c3)cc2nc2n1CCN(C1CCOC1)CC2. The van der Waals surface area contributed by atoms with Gasteiger partial charge in [-0.1, -0.05) is 18.2 Å². The normalized spacial score (nSPS) is 20.2. The van der Waals surface area contributed by atoms with Crippen molar-refractivity contribution in [3.8, 4) is 11.1 Å². The fourth-order valence-corrected chi connectivity index (χ4v) is 4.30. The van der Waals surface area contributed by atoms with Crippen LogP contribution >= 0.6 is 0 Å². The number of nitrogens with zero attached hydrogens (tertiary/aromatic N) is 3. The Morgan fingerprint density at radius 2 is 1.96 bits per heavy atom. The van der Waals surface area contributed by atoms with E-state index in [1.165, 1.54) is 12.1 Å². The van der Waals surface area contributed by atoms with Crippen molar-refractivity contribution in [1.29, 1.82) is 0 Å². The number of hydrogen-bond donors (Lipinski definition) is 0. The molecule has 1 saturated heterocycles. The fourth-order valence-electron chi connectivity index (χ4n) is 4.30. The minimum absolute atomic E-state index is 0.00955. The minimum Gasteiger partial charge on any atom is -0.380 e. The van der Waals surface area contributed by atoms with Gasteiger partial charge in [-0.15, -0.1) is 0 Å². The third-order valence-corrected chi connectivity index (χ3v) is 5.85. The first-order valence-corrected chi connectivity index (χ1v) is 9.80. The highest BCUT2D eigenvalue weighted by Gasteiger charge is 2.26. The smallest absolute Gasteiger partial charge is 0.261 e. The van der Waals surface area contributed by atoms with Crippen molar-refractivity contribution in [2.75, 3.05) is 26.3 Å². The molecule has 0 amide bonds. The Morgan fingerprint density at radius 1 is 1.07 bits per heavy atom. The van der Waals surface area contributed by atoms with Crippen molar-refractivity contribution >= 4 is 10.9 Å². The Bertz CT molecular complexity index is 1090. The second-order valence-electron chi connectivity index (χ2n) is 7.53. The molecule has 3 aromatic rings. The van der Waals surface area contributed by atoms with E-state index >= 15 is 0 Å². The van der Waals surface area contributed by atoms with Gasteiger partial charge >= 0.3 is 0 Å². The second kappa shape index (κ2) is 7.11. The molecule has 6 heteroatoms. The minimum atomic E-state index is -0.275. The third-order valence-electron chi connectivity index (χ3n) is 5.85. The Hall–Kier alpha value is -2.57.